The molecule has 1 saturated heterocycles. The SMILES string of the molecule is CNc1nc2ccccc2nc1OC1CCCN(C(=O)OC(C)(C)C)C1. The van der Waals surface area contributed by atoms with Crippen molar-refractivity contribution >= 4 is 22.9 Å². The molecule has 0 spiro atoms. The van der Waals surface area contributed by atoms with Gasteiger partial charge in [0, 0.05) is 13.6 Å². The van der Waals surface area contributed by atoms with Gasteiger partial charge >= 0.3 is 6.09 Å². The molecule has 1 aliphatic heterocycles. The normalized spacial score (nSPS) is 17.8. The molecule has 1 aliphatic rings. The Morgan fingerprint density at radius 3 is 2.58 bits per heavy atom. The maximum atomic E-state index is 12.3. The predicted molar refractivity (Wildman–Crippen MR) is 101 cm³/mol. The summed E-state index contributed by atoms with van der Waals surface area (Å²) in [6.07, 6.45) is 1.28. The number of rotatable bonds is 3. The third-order valence-corrected chi connectivity index (χ3v) is 4.08. The Hall–Kier alpha value is -2.57. The van der Waals surface area contributed by atoms with Gasteiger partial charge in [0.2, 0.25) is 0 Å². The zero-order valence-corrected chi connectivity index (χ0v) is 15.8. The van der Waals surface area contributed by atoms with Crippen molar-refractivity contribution in [3.8, 4) is 5.88 Å². The maximum Gasteiger partial charge on any atom is 0.410 e. The molecule has 140 valence electrons. The van der Waals surface area contributed by atoms with Crippen molar-refractivity contribution in [3.05, 3.63) is 24.3 Å². The molecule has 2 heterocycles. The number of likely N-dealkylation sites (tertiary alicyclic amines) is 1. The number of hydrogen-bond donors (Lipinski definition) is 1. The number of carbonyl (C=O) groups excluding carboxylic acids is 1. The third kappa shape index (κ3) is 4.33. The zero-order chi connectivity index (χ0) is 18.7. The Morgan fingerprint density at radius 2 is 1.92 bits per heavy atom. The number of benzene rings is 1. The molecule has 7 heteroatoms. The van der Waals surface area contributed by atoms with Crippen LogP contribution in [0.15, 0.2) is 24.3 Å². The summed E-state index contributed by atoms with van der Waals surface area (Å²) in [7, 11) is 1.79. The number of anilines is 1. The van der Waals surface area contributed by atoms with E-state index in [0.717, 1.165) is 23.9 Å². The Bertz CT molecular complexity index is 788. The first kappa shape index (κ1) is 18.2. The standard InChI is InChI=1S/C19H26N4O3/c1-19(2,3)26-18(24)23-11-7-8-13(12-23)25-17-16(20-4)21-14-9-5-6-10-15(14)22-17/h5-6,9-10,13H,7-8,11-12H2,1-4H3,(H,20,21). The van der Waals surface area contributed by atoms with E-state index in [1.54, 1.807) is 11.9 Å². The van der Waals surface area contributed by atoms with Gasteiger partial charge in [-0.3, -0.25) is 0 Å². The topological polar surface area (TPSA) is 76.6 Å². The van der Waals surface area contributed by atoms with Crippen LogP contribution < -0.4 is 10.1 Å². The second kappa shape index (κ2) is 7.35. The van der Waals surface area contributed by atoms with Crippen molar-refractivity contribution in [2.45, 2.75) is 45.3 Å². The number of piperidine rings is 1. The molecule has 1 N–H and O–H groups in total. The van der Waals surface area contributed by atoms with Crippen LogP contribution in [0, 0.1) is 0 Å². The molecule has 3 rings (SSSR count). The van der Waals surface area contributed by atoms with Crippen LogP contribution in [0.25, 0.3) is 11.0 Å². The number of amides is 1. The van der Waals surface area contributed by atoms with E-state index in [9.17, 15) is 4.79 Å². The quantitative estimate of drug-likeness (QED) is 0.906. The lowest BCUT2D eigenvalue weighted by atomic mass is 10.1. The Labute approximate surface area is 153 Å². The fourth-order valence-electron chi connectivity index (χ4n) is 2.91. The van der Waals surface area contributed by atoms with Gasteiger partial charge in [0.15, 0.2) is 5.82 Å². The molecule has 0 radical (unpaired) electrons. The highest BCUT2D eigenvalue weighted by Gasteiger charge is 2.29. The summed E-state index contributed by atoms with van der Waals surface area (Å²) >= 11 is 0. The molecule has 1 amide bonds. The maximum absolute atomic E-state index is 12.3. The Kier molecular flexibility index (Phi) is 5.15. The van der Waals surface area contributed by atoms with Gasteiger partial charge in [-0.05, 0) is 45.7 Å². The largest absolute Gasteiger partial charge is 0.470 e. The van der Waals surface area contributed by atoms with Crippen LogP contribution in [0.4, 0.5) is 10.6 Å². The third-order valence-electron chi connectivity index (χ3n) is 4.08. The number of fused-ring (bicyclic) bond motifs is 1. The van der Waals surface area contributed by atoms with Crippen molar-refractivity contribution < 1.29 is 14.3 Å². The summed E-state index contributed by atoms with van der Waals surface area (Å²) in [5.41, 5.74) is 1.08. The van der Waals surface area contributed by atoms with Crippen molar-refractivity contribution in [1.82, 2.24) is 14.9 Å². The number of para-hydroxylation sites is 2. The first-order chi connectivity index (χ1) is 12.4. The molecule has 1 aromatic heterocycles. The number of hydrogen-bond acceptors (Lipinski definition) is 6. The minimum absolute atomic E-state index is 0.140. The fraction of sp³-hybridized carbons (Fsp3) is 0.526. The molecule has 26 heavy (non-hydrogen) atoms. The molecule has 0 bridgehead atoms. The van der Waals surface area contributed by atoms with E-state index in [0.29, 0.717) is 24.8 Å². The van der Waals surface area contributed by atoms with Crippen LogP contribution in [0.5, 0.6) is 5.88 Å². The molecule has 1 atom stereocenters. The highest BCUT2D eigenvalue weighted by Crippen LogP contribution is 2.26. The van der Waals surface area contributed by atoms with E-state index >= 15 is 0 Å². The van der Waals surface area contributed by atoms with Crippen LogP contribution in [0.1, 0.15) is 33.6 Å². The molecule has 0 saturated carbocycles. The van der Waals surface area contributed by atoms with E-state index in [1.807, 2.05) is 45.0 Å². The van der Waals surface area contributed by atoms with Gasteiger partial charge in [0.1, 0.15) is 11.7 Å². The monoisotopic (exact) mass is 358 g/mol. The number of aromatic nitrogens is 2. The molecular formula is C19H26N4O3. The summed E-state index contributed by atoms with van der Waals surface area (Å²) in [4.78, 5) is 23.2. The molecule has 0 aliphatic carbocycles. The van der Waals surface area contributed by atoms with Crippen LogP contribution in [-0.4, -0.2) is 52.8 Å². The van der Waals surface area contributed by atoms with Crippen molar-refractivity contribution in [2.75, 3.05) is 25.5 Å². The number of nitrogens with zero attached hydrogens (tertiary/aromatic N) is 3. The van der Waals surface area contributed by atoms with Gasteiger partial charge in [-0.15, -0.1) is 0 Å². The first-order valence-electron chi connectivity index (χ1n) is 8.95. The molecular weight excluding hydrogens is 332 g/mol. The molecule has 2 aromatic rings. The van der Waals surface area contributed by atoms with Gasteiger partial charge < -0.3 is 19.7 Å². The second-order valence-electron chi connectivity index (χ2n) is 7.42. The summed E-state index contributed by atoms with van der Waals surface area (Å²) < 4.78 is 11.6. The van der Waals surface area contributed by atoms with Gasteiger partial charge in [-0.1, -0.05) is 12.1 Å². The van der Waals surface area contributed by atoms with Crippen molar-refractivity contribution in [2.24, 2.45) is 0 Å². The number of carbonyl (C=O) groups is 1. The number of ether oxygens (including phenoxy) is 2. The minimum atomic E-state index is -0.506. The summed E-state index contributed by atoms with van der Waals surface area (Å²) in [6.45, 7) is 6.76. The Balaban J connectivity index is 1.74. The minimum Gasteiger partial charge on any atom is -0.470 e. The van der Waals surface area contributed by atoms with Crippen LogP contribution >= 0.6 is 0 Å². The molecule has 1 unspecified atom stereocenters. The van der Waals surface area contributed by atoms with Gasteiger partial charge in [0.05, 0.1) is 17.6 Å². The van der Waals surface area contributed by atoms with E-state index in [2.05, 4.69) is 15.3 Å². The fourth-order valence-corrected chi connectivity index (χ4v) is 2.91. The van der Waals surface area contributed by atoms with Crippen LogP contribution in [-0.2, 0) is 4.74 Å². The average Bonchev–Trinajstić information content (AvgIpc) is 2.60. The van der Waals surface area contributed by atoms with E-state index in [4.69, 9.17) is 9.47 Å². The molecule has 1 fully saturated rings. The highest BCUT2D eigenvalue weighted by atomic mass is 16.6. The van der Waals surface area contributed by atoms with E-state index in [1.165, 1.54) is 0 Å². The smallest absolute Gasteiger partial charge is 0.410 e. The lowest BCUT2D eigenvalue weighted by Crippen LogP contribution is -2.46. The predicted octanol–water partition coefficient (Wildman–Crippen LogP) is 3.45. The van der Waals surface area contributed by atoms with Gasteiger partial charge in [-0.2, -0.15) is 0 Å². The summed E-state index contributed by atoms with van der Waals surface area (Å²) in [6, 6.07) is 7.67. The zero-order valence-electron chi connectivity index (χ0n) is 15.8. The van der Waals surface area contributed by atoms with Gasteiger partial charge in [-0.25, -0.2) is 14.8 Å². The summed E-state index contributed by atoms with van der Waals surface area (Å²) in [5.74, 6) is 1.06. The van der Waals surface area contributed by atoms with Gasteiger partial charge in [0.25, 0.3) is 5.88 Å². The van der Waals surface area contributed by atoms with Crippen molar-refractivity contribution in [1.29, 1.82) is 0 Å². The van der Waals surface area contributed by atoms with Crippen LogP contribution in [0.2, 0.25) is 0 Å². The first-order valence-corrected chi connectivity index (χ1v) is 8.95. The average molecular weight is 358 g/mol. The van der Waals surface area contributed by atoms with Crippen molar-refractivity contribution in [3.63, 3.8) is 0 Å². The van der Waals surface area contributed by atoms with E-state index in [-0.39, 0.29) is 12.2 Å². The molecule has 7 nitrogen and oxygen atoms in total. The summed E-state index contributed by atoms with van der Waals surface area (Å²) in [5, 5.41) is 3.04. The lowest BCUT2D eigenvalue weighted by molar-refractivity contribution is 0.00733. The second-order valence-corrected chi connectivity index (χ2v) is 7.42. The van der Waals surface area contributed by atoms with Crippen LogP contribution in [0.3, 0.4) is 0 Å². The highest BCUT2D eigenvalue weighted by molar-refractivity contribution is 5.77. The lowest BCUT2D eigenvalue weighted by Gasteiger charge is -2.34. The number of nitrogens with one attached hydrogen (secondary N) is 1. The molecule has 1 aromatic carbocycles. The Morgan fingerprint density at radius 1 is 1.23 bits per heavy atom. The van der Waals surface area contributed by atoms with E-state index < -0.39 is 5.60 Å².